The van der Waals surface area contributed by atoms with E-state index >= 15 is 0 Å². The Bertz CT molecular complexity index is 1110. The third-order valence-corrected chi connectivity index (χ3v) is 14.7. The van der Waals surface area contributed by atoms with Gasteiger partial charge in [-0.15, -0.1) is 0 Å². The second-order valence-electron chi connectivity index (χ2n) is 16.9. The number of hydrogen-bond donors (Lipinski definition) is 1. The van der Waals surface area contributed by atoms with Crippen molar-refractivity contribution in [3.63, 3.8) is 0 Å². The largest absolute Gasteiger partial charge is 0.393 e. The van der Waals surface area contributed by atoms with Gasteiger partial charge >= 0.3 is 0 Å². The molecule has 0 unspecified atom stereocenters. The van der Waals surface area contributed by atoms with E-state index in [-0.39, 0.29) is 50.4 Å². The molecule has 0 radical (unpaired) electrons. The summed E-state index contributed by atoms with van der Waals surface area (Å²) < 4.78 is 5.52. The lowest BCUT2D eigenvalue weighted by Crippen LogP contribution is -2.66. The van der Waals surface area contributed by atoms with Crippen molar-refractivity contribution in [1.82, 2.24) is 4.90 Å². The Morgan fingerprint density at radius 2 is 1.62 bits per heavy atom. The van der Waals surface area contributed by atoms with E-state index in [1.807, 2.05) is 0 Å². The summed E-state index contributed by atoms with van der Waals surface area (Å²) in [5.41, 5.74) is 0.818. The molecule has 1 heterocycles. The summed E-state index contributed by atoms with van der Waals surface area (Å²) in [6, 6.07) is 0. The van der Waals surface area contributed by atoms with Crippen LogP contribution in [0.15, 0.2) is 11.6 Å². The highest BCUT2D eigenvalue weighted by atomic mass is 16.5. The number of ether oxygens (including phenoxy) is 1. The first-order valence-corrected chi connectivity index (χ1v) is 16.4. The highest BCUT2D eigenvalue weighted by Gasteiger charge is 2.70. The molecule has 6 aliphatic rings. The molecule has 0 aromatic carbocycles. The molecule has 40 heavy (non-hydrogen) atoms. The lowest BCUT2D eigenvalue weighted by Gasteiger charge is -2.70. The lowest BCUT2D eigenvalue weighted by atomic mass is 9.33. The molecular weight excluding hydrogens is 498 g/mol. The third kappa shape index (κ3) is 3.88. The summed E-state index contributed by atoms with van der Waals surface area (Å²) in [5.74, 6) is 1.36. The molecule has 5 aliphatic carbocycles. The molecule has 1 saturated heterocycles. The van der Waals surface area contributed by atoms with E-state index in [1.54, 1.807) is 0 Å². The van der Waals surface area contributed by atoms with Crippen LogP contribution in [0.3, 0.4) is 0 Å². The van der Waals surface area contributed by atoms with Crippen LogP contribution in [0, 0.1) is 50.2 Å². The minimum atomic E-state index is -0.338. The van der Waals surface area contributed by atoms with Crippen LogP contribution in [0.4, 0.5) is 0 Å². The molecule has 0 aromatic heterocycles. The maximum atomic E-state index is 14.5. The molecule has 0 amide bonds. The Hall–Kier alpha value is -1.04. The molecule has 5 fully saturated rings. The van der Waals surface area contributed by atoms with Crippen molar-refractivity contribution in [3.05, 3.63) is 11.6 Å². The topological polar surface area (TPSA) is 66.8 Å². The average Bonchev–Trinajstić information content (AvgIpc) is 2.89. The van der Waals surface area contributed by atoms with Crippen molar-refractivity contribution in [2.75, 3.05) is 32.8 Å². The van der Waals surface area contributed by atoms with Crippen LogP contribution in [0.25, 0.3) is 0 Å². The smallest absolute Gasteiger partial charge is 0.159 e. The average molecular weight is 554 g/mol. The molecular formula is C35H55NO4. The van der Waals surface area contributed by atoms with Crippen LogP contribution >= 0.6 is 0 Å². The van der Waals surface area contributed by atoms with Crippen LogP contribution in [0.5, 0.6) is 0 Å². The normalized spacial score (nSPS) is 50.6. The second kappa shape index (κ2) is 9.23. The molecule has 5 heteroatoms. The van der Waals surface area contributed by atoms with Crippen LogP contribution < -0.4 is 0 Å². The number of aliphatic hydroxyl groups excluding tert-OH is 1. The quantitative estimate of drug-likeness (QED) is 0.449. The van der Waals surface area contributed by atoms with Crippen LogP contribution in [0.1, 0.15) is 106 Å². The molecule has 224 valence electrons. The summed E-state index contributed by atoms with van der Waals surface area (Å²) in [4.78, 5) is 30.6. The molecule has 1 N–H and O–H groups in total. The van der Waals surface area contributed by atoms with Gasteiger partial charge in [0.15, 0.2) is 11.6 Å². The van der Waals surface area contributed by atoms with Gasteiger partial charge in [-0.1, -0.05) is 54.0 Å². The van der Waals surface area contributed by atoms with Gasteiger partial charge < -0.3 is 9.84 Å². The Morgan fingerprint density at radius 3 is 2.33 bits per heavy atom. The maximum Gasteiger partial charge on any atom is 0.159 e. The molecule has 0 spiro atoms. The molecule has 0 bridgehead atoms. The van der Waals surface area contributed by atoms with Crippen molar-refractivity contribution >= 4 is 11.6 Å². The van der Waals surface area contributed by atoms with E-state index in [0.29, 0.717) is 37.2 Å². The first-order chi connectivity index (χ1) is 18.6. The van der Waals surface area contributed by atoms with Gasteiger partial charge in [-0.25, -0.2) is 0 Å². The van der Waals surface area contributed by atoms with E-state index in [9.17, 15) is 14.7 Å². The van der Waals surface area contributed by atoms with Crippen LogP contribution in [-0.4, -0.2) is 60.5 Å². The molecule has 9 atom stereocenters. The van der Waals surface area contributed by atoms with E-state index in [1.165, 1.54) is 12.0 Å². The highest BCUT2D eigenvalue weighted by molar-refractivity contribution is 5.96. The monoisotopic (exact) mass is 553 g/mol. The SMILES string of the molecule is CC1(C)[C@@H](O)CC[C@]2(C)[C@H]3C(=O)C=C4[C@@H]5C[C@@](C)(C(=O)CN6CCOCC6)CC[C@]5(C)CC[C@@]4(C)[C@]3(C)CC[C@@H]12. The Labute approximate surface area is 242 Å². The number of hydrogen-bond acceptors (Lipinski definition) is 5. The Morgan fingerprint density at radius 1 is 0.950 bits per heavy atom. The second-order valence-corrected chi connectivity index (χ2v) is 16.9. The van der Waals surface area contributed by atoms with Gasteiger partial charge in [0.05, 0.1) is 25.9 Å². The number of fused-ring (bicyclic) bond motifs is 7. The maximum absolute atomic E-state index is 14.5. The Balaban J connectivity index is 1.35. The molecule has 5 nitrogen and oxygen atoms in total. The van der Waals surface area contributed by atoms with Crippen LogP contribution in [0.2, 0.25) is 0 Å². The number of ketones is 2. The van der Waals surface area contributed by atoms with E-state index in [4.69, 9.17) is 4.74 Å². The minimum absolute atomic E-state index is 0.00144. The van der Waals surface area contributed by atoms with Crippen LogP contribution in [-0.2, 0) is 14.3 Å². The van der Waals surface area contributed by atoms with Gasteiger partial charge in [0.25, 0.3) is 0 Å². The number of nitrogens with zero attached hydrogens (tertiary/aromatic N) is 1. The predicted octanol–water partition coefficient (Wildman–Crippen LogP) is 6.23. The predicted molar refractivity (Wildman–Crippen MR) is 158 cm³/mol. The van der Waals surface area contributed by atoms with Gasteiger partial charge in [0, 0.05) is 24.4 Å². The molecule has 4 saturated carbocycles. The van der Waals surface area contributed by atoms with E-state index < -0.39 is 0 Å². The summed E-state index contributed by atoms with van der Waals surface area (Å²) in [7, 11) is 0. The van der Waals surface area contributed by atoms with Crippen molar-refractivity contribution < 1.29 is 19.4 Å². The first-order valence-electron chi connectivity index (χ1n) is 16.4. The number of allylic oxidation sites excluding steroid dienone is 2. The third-order valence-electron chi connectivity index (χ3n) is 14.7. The van der Waals surface area contributed by atoms with E-state index in [0.717, 1.165) is 64.5 Å². The first kappa shape index (κ1) is 29.1. The van der Waals surface area contributed by atoms with E-state index in [2.05, 4.69) is 59.4 Å². The standard InChI is InChI=1S/C35H55NO4/c1-30(2)26-8-11-35(7)29(33(26,5)10-9-27(30)38)25(37)20-23-24-21-32(4,28(39)22-36-16-18-40-19-17-36)13-12-31(24,3)14-15-34(23,35)6/h20,24,26-27,29,38H,8-19,21-22H2,1-7H3/t24-,26-,27-,29+,31+,32-,33-,34+,35+/m0/s1. The van der Waals surface area contributed by atoms with Gasteiger partial charge in [-0.3, -0.25) is 14.5 Å². The van der Waals surface area contributed by atoms with Gasteiger partial charge in [-0.05, 0) is 103 Å². The number of morpholine rings is 1. The zero-order valence-corrected chi connectivity index (χ0v) is 26.4. The fourth-order valence-electron chi connectivity index (χ4n) is 11.6. The Kier molecular flexibility index (Phi) is 6.70. The summed E-state index contributed by atoms with van der Waals surface area (Å²) >= 11 is 0. The zero-order chi connectivity index (χ0) is 28.9. The molecule has 6 rings (SSSR count). The van der Waals surface area contributed by atoms with Crippen molar-refractivity contribution in [1.29, 1.82) is 0 Å². The zero-order valence-electron chi connectivity index (χ0n) is 26.4. The minimum Gasteiger partial charge on any atom is -0.393 e. The fourth-order valence-corrected chi connectivity index (χ4v) is 11.6. The fraction of sp³-hybridized carbons (Fsp3) is 0.886. The van der Waals surface area contributed by atoms with Crippen molar-refractivity contribution in [2.45, 2.75) is 112 Å². The summed E-state index contributed by atoms with van der Waals surface area (Å²) in [6.07, 6.45) is 10.9. The van der Waals surface area contributed by atoms with Gasteiger partial charge in [-0.2, -0.15) is 0 Å². The summed E-state index contributed by atoms with van der Waals surface area (Å²) in [5, 5.41) is 11.0. The summed E-state index contributed by atoms with van der Waals surface area (Å²) in [6.45, 7) is 20.1. The number of aliphatic hydroxyl groups is 1. The van der Waals surface area contributed by atoms with Crippen molar-refractivity contribution in [2.24, 2.45) is 50.2 Å². The van der Waals surface area contributed by atoms with Gasteiger partial charge in [0.1, 0.15) is 0 Å². The number of carbonyl (C=O) groups excluding carboxylic acids is 2. The van der Waals surface area contributed by atoms with Crippen molar-refractivity contribution in [3.8, 4) is 0 Å². The highest BCUT2D eigenvalue weighted by Crippen LogP contribution is 2.75. The molecule has 0 aromatic rings. The number of rotatable bonds is 3. The molecule has 1 aliphatic heterocycles. The lowest BCUT2D eigenvalue weighted by molar-refractivity contribution is -0.202. The number of carbonyl (C=O) groups is 2. The van der Waals surface area contributed by atoms with Gasteiger partial charge in [0.2, 0.25) is 0 Å². The number of Topliss-reactive ketones (excluding diaryl/α,β-unsaturated/α-hetero) is 1.